The minimum Gasteiger partial charge on any atom is -0.302 e. The number of aryl methyl sites for hydroxylation is 2. The van der Waals surface area contributed by atoms with Gasteiger partial charge >= 0.3 is 0 Å². The van der Waals surface area contributed by atoms with E-state index in [-0.39, 0.29) is 18.3 Å². The zero-order valence-corrected chi connectivity index (χ0v) is 20.4. The molecule has 0 spiro atoms. The molecule has 2 heterocycles. The standard InChI is InChI=1S/C21H26ClN3OS2.ClH/c1-5-24(6-2)9-10-25(19(26)13-16-7-8-18(22)27-16)21-23-17-12-14(3)11-15(4)20(17)28-21;/h7-8,11-12H,5-6,9-10,13H2,1-4H3;1H. The van der Waals surface area contributed by atoms with Gasteiger partial charge in [0, 0.05) is 18.0 Å². The van der Waals surface area contributed by atoms with Crippen LogP contribution in [0.4, 0.5) is 5.13 Å². The van der Waals surface area contributed by atoms with E-state index >= 15 is 0 Å². The summed E-state index contributed by atoms with van der Waals surface area (Å²) in [6.45, 7) is 11.9. The van der Waals surface area contributed by atoms with E-state index in [2.05, 4.69) is 44.7 Å². The van der Waals surface area contributed by atoms with Crippen LogP contribution in [0.1, 0.15) is 29.9 Å². The first kappa shape index (κ1) is 24.1. The lowest BCUT2D eigenvalue weighted by Gasteiger charge is -2.24. The molecule has 0 aliphatic heterocycles. The molecule has 0 saturated heterocycles. The van der Waals surface area contributed by atoms with E-state index in [0.29, 0.717) is 17.3 Å². The Morgan fingerprint density at radius 2 is 1.83 bits per heavy atom. The van der Waals surface area contributed by atoms with Crippen molar-refractivity contribution in [3.8, 4) is 0 Å². The SMILES string of the molecule is CCN(CC)CCN(C(=O)Cc1ccc(Cl)s1)c1nc2cc(C)cc(C)c2s1.Cl. The number of nitrogens with zero attached hydrogens (tertiary/aromatic N) is 3. The molecule has 0 aliphatic rings. The van der Waals surface area contributed by atoms with Gasteiger partial charge in [0.25, 0.3) is 0 Å². The highest BCUT2D eigenvalue weighted by atomic mass is 35.5. The third kappa shape index (κ3) is 5.92. The molecule has 0 saturated carbocycles. The summed E-state index contributed by atoms with van der Waals surface area (Å²) in [5, 5.41) is 0.781. The van der Waals surface area contributed by atoms with E-state index in [1.165, 1.54) is 22.5 Å². The normalized spacial score (nSPS) is 11.1. The van der Waals surface area contributed by atoms with Crippen molar-refractivity contribution in [2.75, 3.05) is 31.1 Å². The Kier molecular flexibility index (Phi) is 8.91. The molecule has 1 aromatic carbocycles. The number of thiophene rings is 1. The third-order valence-electron chi connectivity index (χ3n) is 4.83. The number of hydrogen-bond acceptors (Lipinski definition) is 5. The molecule has 1 amide bonds. The number of carbonyl (C=O) groups is 1. The maximum absolute atomic E-state index is 13.2. The van der Waals surface area contributed by atoms with Gasteiger partial charge in [0.2, 0.25) is 5.91 Å². The highest BCUT2D eigenvalue weighted by Gasteiger charge is 2.22. The average Bonchev–Trinajstić information content (AvgIpc) is 3.25. The average molecular weight is 473 g/mol. The van der Waals surface area contributed by atoms with Gasteiger partial charge in [-0.05, 0) is 56.3 Å². The Balaban J connectivity index is 0.00000300. The summed E-state index contributed by atoms with van der Waals surface area (Å²) < 4.78 is 1.86. The first-order chi connectivity index (χ1) is 13.4. The molecule has 0 bridgehead atoms. The van der Waals surface area contributed by atoms with Gasteiger partial charge in [0.15, 0.2) is 5.13 Å². The quantitative estimate of drug-likeness (QED) is 0.406. The summed E-state index contributed by atoms with van der Waals surface area (Å²) in [5.41, 5.74) is 3.37. The van der Waals surface area contributed by atoms with Crippen LogP contribution in [0.3, 0.4) is 0 Å². The van der Waals surface area contributed by atoms with Crippen molar-refractivity contribution in [1.82, 2.24) is 9.88 Å². The lowest BCUT2D eigenvalue weighted by Crippen LogP contribution is -2.39. The van der Waals surface area contributed by atoms with Crippen molar-refractivity contribution in [1.29, 1.82) is 0 Å². The van der Waals surface area contributed by atoms with Gasteiger partial charge in [-0.1, -0.05) is 42.9 Å². The topological polar surface area (TPSA) is 36.4 Å². The molecule has 3 aromatic rings. The Morgan fingerprint density at radius 1 is 1.10 bits per heavy atom. The van der Waals surface area contributed by atoms with Crippen LogP contribution >= 0.6 is 46.7 Å². The fourth-order valence-corrected chi connectivity index (χ4v) is 5.42. The Labute approximate surface area is 191 Å². The number of benzene rings is 1. The zero-order chi connectivity index (χ0) is 20.3. The van der Waals surface area contributed by atoms with Crippen molar-refractivity contribution < 1.29 is 4.79 Å². The van der Waals surface area contributed by atoms with Gasteiger partial charge in [0.05, 0.1) is 21.0 Å². The number of aromatic nitrogens is 1. The van der Waals surface area contributed by atoms with E-state index in [0.717, 1.165) is 39.9 Å². The summed E-state index contributed by atoms with van der Waals surface area (Å²) in [6.07, 6.45) is 0.351. The molecular formula is C21H27Cl2N3OS2. The molecule has 2 aromatic heterocycles. The van der Waals surface area contributed by atoms with Gasteiger partial charge in [-0.25, -0.2) is 4.98 Å². The molecule has 3 rings (SSSR count). The first-order valence-electron chi connectivity index (χ1n) is 9.56. The summed E-state index contributed by atoms with van der Waals surface area (Å²) in [5.74, 6) is 0.0686. The minimum absolute atomic E-state index is 0. The number of amides is 1. The highest BCUT2D eigenvalue weighted by molar-refractivity contribution is 7.22. The molecule has 158 valence electrons. The number of rotatable bonds is 8. The monoisotopic (exact) mass is 471 g/mol. The molecule has 0 N–H and O–H groups in total. The van der Waals surface area contributed by atoms with Crippen molar-refractivity contribution in [2.24, 2.45) is 0 Å². The number of fused-ring (bicyclic) bond motifs is 1. The fraction of sp³-hybridized carbons (Fsp3) is 0.429. The summed E-state index contributed by atoms with van der Waals surface area (Å²) >= 11 is 9.11. The predicted molar refractivity (Wildman–Crippen MR) is 130 cm³/mol. The van der Waals surface area contributed by atoms with E-state index in [4.69, 9.17) is 16.6 Å². The number of thiazole rings is 1. The molecule has 0 aliphatic carbocycles. The maximum Gasteiger partial charge on any atom is 0.234 e. The van der Waals surface area contributed by atoms with Crippen LogP contribution in [0.25, 0.3) is 10.2 Å². The number of anilines is 1. The summed E-state index contributed by atoms with van der Waals surface area (Å²) in [6, 6.07) is 8.03. The highest BCUT2D eigenvalue weighted by Crippen LogP contribution is 2.33. The van der Waals surface area contributed by atoms with Crippen LogP contribution in [-0.2, 0) is 11.2 Å². The molecule has 4 nitrogen and oxygen atoms in total. The van der Waals surface area contributed by atoms with Crippen LogP contribution in [-0.4, -0.2) is 42.0 Å². The van der Waals surface area contributed by atoms with Crippen molar-refractivity contribution in [3.63, 3.8) is 0 Å². The van der Waals surface area contributed by atoms with Gasteiger partial charge in [-0.2, -0.15) is 0 Å². The van der Waals surface area contributed by atoms with Gasteiger partial charge in [-0.3, -0.25) is 9.69 Å². The Bertz CT molecular complexity index is 966. The largest absolute Gasteiger partial charge is 0.302 e. The van der Waals surface area contributed by atoms with Crippen molar-refractivity contribution >= 4 is 67.9 Å². The van der Waals surface area contributed by atoms with Gasteiger partial charge in [-0.15, -0.1) is 23.7 Å². The summed E-state index contributed by atoms with van der Waals surface area (Å²) in [4.78, 5) is 23.2. The molecule has 29 heavy (non-hydrogen) atoms. The van der Waals surface area contributed by atoms with E-state index in [1.54, 1.807) is 11.3 Å². The van der Waals surface area contributed by atoms with Crippen LogP contribution < -0.4 is 4.90 Å². The van der Waals surface area contributed by atoms with Gasteiger partial charge in [0.1, 0.15) is 0 Å². The molecule has 0 fully saturated rings. The lowest BCUT2D eigenvalue weighted by atomic mass is 10.1. The second-order valence-corrected chi connectivity index (χ2v) is 9.66. The molecule has 8 heteroatoms. The van der Waals surface area contributed by atoms with Crippen LogP contribution in [0, 0.1) is 13.8 Å². The molecule has 0 unspecified atom stereocenters. The maximum atomic E-state index is 13.2. The Morgan fingerprint density at radius 3 is 2.45 bits per heavy atom. The van der Waals surface area contributed by atoms with Crippen LogP contribution in [0.5, 0.6) is 0 Å². The van der Waals surface area contributed by atoms with E-state index < -0.39 is 0 Å². The van der Waals surface area contributed by atoms with Crippen molar-refractivity contribution in [3.05, 3.63) is 44.6 Å². The Hall–Kier alpha value is -1.18. The minimum atomic E-state index is 0. The number of likely N-dealkylation sites (N-methyl/N-ethyl adjacent to an activating group) is 1. The summed E-state index contributed by atoms with van der Waals surface area (Å²) in [7, 11) is 0. The number of halogens is 2. The second-order valence-electron chi connectivity index (χ2n) is 6.88. The third-order valence-corrected chi connectivity index (χ3v) is 7.29. The van der Waals surface area contributed by atoms with E-state index in [9.17, 15) is 4.79 Å². The number of carbonyl (C=O) groups excluding carboxylic acids is 1. The van der Waals surface area contributed by atoms with Crippen LogP contribution in [0.2, 0.25) is 4.34 Å². The number of hydrogen-bond donors (Lipinski definition) is 0. The lowest BCUT2D eigenvalue weighted by molar-refractivity contribution is -0.118. The molecule has 0 atom stereocenters. The first-order valence-corrected chi connectivity index (χ1v) is 11.6. The second kappa shape index (κ2) is 10.7. The molecule has 0 radical (unpaired) electrons. The molecular weight excluding hydrogens is 445 g/mol. The van der Waals surface area contributed by atoms with E-state index in [1.807, 2.05) is 17.0 Å². The van der Waals surface area contributed by atoms with Crippen molar-refractivity contribution in [2.45, 2.75) is 34.1 Å². The zero-order valence-electron chi connectivity index (χ0n) is 17.2. The van der Waals surface area contributed by atoms with Gasteiger partial charge < -0.3 is 4.90 Å². The predicted octanol–water partition coefficient (Wildman–Crippen LogP) is 5.97. The fourth-order valence-electron chi connectivity index (χ4n) is 3.28. The van der Waals surface area contributed by atoms with Crippen LogP contribution in [0.15, 0.2) is 24.3 Å². The smallest absolute Gasteiger partial charge is 0.234 e.